The van der Waals surface area contributed by atoms with E-state index in [1.807, 2.05) is 30.3 Å². The fourth-order valence-corrected chi connectivity index (χ4v) is 2.74. The lowest BCUT2D eigenvalue weighted by Crippen LogP contribution is -2.31. The molecule has 2 amide bonds. The third kappa shape index (κ3) is 7.07. The number of amides is 2. The van der Waals surface area contributed by atoms with E-state index in [0.717, 1.165) is 12.0 Å². The summed E-state index contributed by atoms with van der Waals surface area (Å²) in [5.41, 5.74) is 1.38. The van der Waals surface area contributed by atoms with Crippen molar-refractivity contribution in [3.8, 4) is 0 Å². The monoisotopic (exact) mass is 396 g/mol. The minimum absolute atomic E-state index is 0.146. The molecule has 0 unspecified atom stereocenters. The molecule has 0 radical (unpaired) electrons. The van der Waals surface area contributed by atoms with Crippen LogP contribution in [0.4, 0.5) is 0 Å². The summed E-state index contributed by atoms with van der Waals surface area (Å²) in [5.74, 6) is -0.864. The predicted octanol–water partition coefficient (Wildman–Crippen LogP) is 3.28. The van der Waals surface area contributed by atoms with Gasteiger partial charge in [-0.1, -0.05) is 56.3 Å². The quantitative estimate of drug-likeness (QED) is 0.660. The molecule has 0 saturated carbocycles. The number of carbonyl (C=O) groups excluding carboxylic acids is 3. The number of ether oxygens (including phenoxy) is 1. The molecule has 0 saturated heterocycles. The van der Waals surface area contributed by atoms with Crippen molar-refractivity contribution in [1.82, 2.24) is 10.2 Å². The molecule has 0 spiro atoms. The van der Waals surface area contributed by atoms with E-state index in [1.54, 1.807) is 30.1 Å². The first-order valence-corrected chi connectivity index (χ1v) is 9.70. The molecule has 154 valence electrons. The second-order valence-corrected chi connectivity index (χ2v) is 7.30. The maximum Gasteiger partial charge on any atom is 0.339 e. The van der Waals surface area contributed by atoms with Gasteiger partial charge < -0.3 is 15.0 Å². The Bertz CT molecular complexity index is 834. The second kappa shape index (κ2) is 11.0. The smallest absolute Gasteiger partial charge is 0.339 e. The van der Waals surface area contributed by atoms with Crippen LogP contribution in [0.3, 0.4) is 0 Å². The van der Waals surface area contributed by atoms with Crippen LogP contribution in [-0.4, -0.2) is 42.9 Å². The second-order valence-electron chi connectivity index (χ2n) is 7.30. The van der Waals surface area contributed by atoms with E-state index in [2.05, 4.69) is 19.2 Å². The van der Waals surface area contributed by atoms with Gasteiger partial charge in [0.15, 0.2) is 6.61 Å². The summed E-state index contributed by atoms with van der Waals surface area (Å²) in [4.78, 5) is 38.7. The van der Waals surface area contributed by atoms with Gasteiger partial charge in [0.25, 0.3) is 11.8 Å². The topological polar surface area (TPSA) is 75.7 Å². The molecular formula is C23H28N2O4. The van der Waals surface area contributed by atoms with Crippen LogP contribution in [0.2, 0.25) is 0 Å². The maximum atomic E-state index is 12.9. The molecular weight excluding hydrogens is 368 g/mol. The van der Waals surface area contributed by atoms with Crippen LogP contribution >= 0.6 is 0 Å². The van der Waals surface area contributed by atoms with Crippen LogP contribution in [-0.2, 0) is 16.1 Å². The van der Waals surface area contributed by atoms with Gasteiger partial charge in [0.05, 0.1) is 11.1 Å². The zero-order chi connectivity index (χ0) is 21.2. The molecule has 29 heavy (non-hydrogen) atoms. The van der Waals surface area contributed by atoms with Crippen molar-refractivity contribution in [3.05, 3.63) is 71.3 Å². The first-order valence-electron chi connectivity index (χ1n) is 9.70. The molecule has 6 nitrogen and oxygen atoms in total. The normalized spacial score (nSPS) is 10.5. The molecule has 1 N–H and O–H groups in total. The van der Waals surface area contributed by atoms with Crippen molar-refractivity contribution in [2.24, 2.45) is 5.92 Å². The number of benzene rings is 2. The molecule has 0 aromatic heterocycles. The van der Waals surface area contributed by atoms with Gasteiger partial charge in [0.1, 0.15) is 0 Å². The average molecular weight is 396 g/mol. The lowest BCUT2D eigenvalue weighted by Gasteiger charge is -2.19. The SMILES string of the molecule is CC(C)CCNC(=O)COC(=O)c1ccccc1C(=O)N(C)Cc1ccccc1. The van der Waals surface area contributed by atoms with Gasteiger partial charge in [-0.15, -0.1) is 0 Å². The zero-order valence-electron chi connectivity index (χ0n) is 17.2. The summed E-state index contributed by atoms with van der Waals surface area (Å²) >= 11 is 0. The zero-order valence-corrected chi connectivity index (χ0v) is 17.2. The number of hydrogen-bond acceptors (Lipinski definition) is 4. The summed E-state index contributed by atoms with van der Waals surface area (Å²) in [6, 6.07) is 16.1. The Labute approximate surface area is 171 Å². The summed E-state index contributed by atoms with van der Waals surface area (Å²) in [5, 5.41) is 2.71. The van der Waals surface area contributed by atoms with Gasteiger partial charge >= 0.3 is 5.97 Å². The maximum absolute atomic E-state index is 12.9. The first kappa shape index (κ1) is 22.1. The van der Waals surface area contributed by atoms with Crippen LogP contribution in [0.15, 0.2) is 54.6 Å². The van der Waals surface area contributed by atoms with Crippen LogP contribution < -0.4 is 5.32 Å². The number of nitrogens with zero attached hydrogens (tertiary/aromatic N) is 1. The largest absolute Gasteiger partial charge is 0.452 e. The number of rotatable bonds is 9. The lowest BCUT2D eigenvalue weighted by molar-refractivity contribution is -0.124. The standard InChI is InChI=1S/C23H28N2O4/c1-17(2)13-14-24-21(26)16-29-23(28)20-12-8-7-11-19(20)22(27)25(3)15-18-9-5-4-6-10-18/h4-12,17H,13-16H2,1-3H3,(H,24,26). The highest BCUT2D eigenvalue weighted by Crippen LogP contribution is 2.14. The third-order valence-electron chi connectivity index (χ3n) is 4.36. The van der Waals surface area contributed by atoms with Crippen LogP contribution in [0, 0.1) is 5.92 Å². The van der Waals surface area contributed by atoms with Crippen molar-refractivity contribution in [2.75, 3.05) is 20.2 Å². The van der Waals surface area contributed by atoms with Crippen molar-refractivity contribution in [2.45, 2.75) is 26.8 Å². The molecule has 0 aliphatic heterocycles. The van der Waals surface area contributed by atoms with Crippen LogP contribution in [0.5, 0.6) is 0 Å². The highest BCUT2D eigenvalue weighted by atomic mass is 16.5. The van der Waals surface area contributed by atoms with Gasteiger partial charge in [0.2, 0.25) is 0 Å². The summed E-state index contributed by atoms with van der Waals surface area (Å²) < 4.78 is 5.11. The van der Waals surface area contributed by atoms with Crippen LogP contribution in [0.25, 0.3) is 0 Å². The Balaban J connectivity index is 1.99. The third-order valence-corrected chi connectivity index (χ3v) is 4.36. The molecule has 0 aliphatic carbocycles. The Morgan fingerprint density at radius 3 is 2.24 bits per heavy atom. The number of nitrogens with one attached hydrogen (secondary N) is 1. The molecule has 2 aromatic carbocycles. The molecule has 0 bridgehead atoms. The Morgan fingerprint density at radius 2 is 1.59 bits per heavy atom. The molecule has 0 aliphatic rings. The van der Waals surface area contributed by atoms with E-state index >= 15 is 0 Å². The minimum atomic E-state index is -0.693. The lowest BCUT2D eigenvalue weighted by atomic mass is 10.1. The highest BCUT2D eigenvalue weighted by molar-refractivity contribution is 6.05. The van der Waals surface area contributed by atoms with Crippen molar-refractivity contribution >= 4 is 17.8 Å². The van der Waals surface area contributed by atoms with Crippen molar-refractivity contribution < 1.29 is 19.1 Å². The van der Waals surface area contributed by atoms with Gasteiger partial charge in [-0.3, -0.25) is 9.59 Å². The molecule has 2 aromatic rings. The van der Waals surface area contributed by atoms with Gasteiger partial charge in [-0.2, -0.15) is 0 Å². The number of hydrogen-bond donors (Lipinski definition) is 1. The average Bonchev–Trinajstić information content (AvgIpc) is 2.72. The molecule has 0 heterocycles. The highest BCUT2D eigenvalue weighted by Gasteiger charge is 2.21. The summed E-state index contributed by atoms with van der Waals surface area (Å²) in [6.45, 7) is 4.71. The van der Waals surface area contributed by atoms with E-state index < -0.39 is 5.97 Å². The molecule has 6 heteroatoms. The molecule has 0 fully saturated rings. The van der Waals surface area contributed by atoms with Gasteiger partial charge in [0, 0.05) is 20.1 Å². The molecule has 2 rings (SSSR count). The summed E-state index contributed by atoms with van der Waals surface area (Å²) in [6.07, 6.45) is 0.852. The summed E-state index contributed by atoms with van der Waals surface area (Å²) in [7, 11) is 1.68. The van der Waals surface area contributed by atoms with E-state index in [0.29, 0.717) is 19.0 Å². The van der Waals surface area contributed by atoms with E-state index in [-0.39, 0.29) is 29.5 Å². The number of esters is 1. The minimum Gasteiger partial charge on any atom is -0.452 e. The number of carbonyl (C=O) groups is 3. The Kier molecular flexibility index (Phi) is 8.40. The van der Waals surface area contributed by atoms with E-state index in [4.69, 9.17) is 4.74 Å². The van der Waals surface area contributed by atoms with Crippen molar-refractivity contribution in [1.29, 1.82) is 0 Å². The fourth-order valence-electron chi connectivity index (χ4n) is 2.74. The van der Waals surface area contributed by atoms with Crippen molar-refractivity contribution in [3.63, 3.8) is 0 Å². The van der Waals surface area contributed by atoms with E-state index in [9.17, 15) is 14.4 Å². The Hall–Kier alpha value is -3.15. The first-order chi connectivity index (χ1) is 13.9. The Morgan fingerprint density at radius 1 is 0.966 bits per heavy atom. The van der Waals surface area contributed by atoms with Crippen LogP contribution in [0.1, 0.15) is 46.5 Å². The van der Waals surface area contributed by atoms with E-state index in [1.165, 1.54) is 6.07 Å². The predicted molar refractivity (Wildman–Crippen MR) is 111 cm³/mol. The molecule has 0 atom stereocenters. The fraction of sp³-hybridized carbons (Fsp3) is 0.348. The van der Waals surface area contributed by atoms with Gasteiger partial charge in [-0.25, -0.2) is 4.79 Å². The van der Waals surface area contributed by atoms with Gasteiger partial charge in [-0.05, 0) is 30.0 Å².